The lowest BCUT2D eigenvalue weighted by molar-refractivity contribution is 0.0952. The predicted octanol–water partition coefficient (Wildman–Crippen LogP) is 1.51. The Labute approximate surface area is 99.0 Å². The molecule has 0 spiro atoms. The second-order valence-corrected chi connectivity index (χ2v) is 4.14. The van der Waals surface area contributed by atoms with E-state index in [1.165, 1.54) is 18.5 Å². The molecule has 5 heteroatoms. The molecule has 1 rings (SSSR count). The van der Waals surface area contributed by atoms with Gasteiger partial charge in [-0.1, -0.05) is 13.3 Å². The van der Waals surface area contributed by atoms with Gasteiger partial charge >= 0.3 is 0 Å². The molecule has 88 valence electrons. The zero-order chi connectivity index (χ0) is 12.0. The van der Waals surface area contributed by atoms with Crippen molar-refractivity contribution in [3.63, 3.8) is 0 Å². The van der Waals surface area contributed by atoms with Crippen LogP contribution in [0.1, 0.15) is 30.1 Å². The molecule has 1 aromatic heterocycles. The molecule has 1 atom stereocenters. The maximum Gasteiger partial charge on any atom is 0.256 e. The van der Waals surface area contributed by atoms with Gasteiger partial charge in [0.25, 0.3) is 5.91 Å². The van der Waals surface area contributed by atoms with Crippen molar-refractivity contribution < 1.29 is 4.79 Å². The molecule has 0 aliphatic rings. The Bertz CT molecular complexity index is 403. The van der Waals surface area contributed by atoms with Crippen molar-refractivity contribution in [2.75, 3.05) is 6.54 Å². The third-order valence-corrected chi connectivity index (χ3v) is 2.53. The minimum absolute atomic E-state index is 0.0863. The summed E-state index contributed by atoms with van der Waals surface area (Å²) < 4.78 is 0. The SMILES string of the molecule is CCCC(Cl)CNC(=O)c1c[nH]ccc1=O. The number of aromatic nitrogens is 1. The highest BCUT2D eigenvalue weighted by atomic mass is 35.5. The van der Waals surface area contributed by atoms with Crippen LogP contribution in [0.5, 0.6) is 0 Å². The number of aromatic amines is 1. The van der Waals surface area contributed by atoms with Crippen molar-refractivity contribution in [2.45, 2.75) is 25.1 Å². The zero-order valence-electron chi connectivity index (χ0n) is 9.13. The summed E-state index contributed by atoms with van der Waals surface area (Å²) in [6.07, 6.45) is 4.68. The first-order valence-corrected chi connectivity index (χ1v) is 5.68. The highest BCUT2D eigenvalue weighted by Crippen LogP contribution is 2.03. The number of pyridine rings is 1. The summed E-state index contributed by atoms with van der Waals surface area (Å²) in [6, 6.07) is 1.32. The highest BCUT2D eigenvalue weighted by Gasteiger charge is 2.10. The van der Waals surface area contributed by atoms with Gasteiger partial charge in [-0.3, -0.25) is 9.59 Å². The van der Waals surface area contributed by atoms with Gasteiger partial charge in [0.05, 0.1) is 5.38 Å². The van der Waals surface area contributed by atoms with E-state index in [1.54, 1.807) is 0 Å². The Morgan fingerprint density at radius 1 is 1.62 bits per heavy atom. The van der Waals surface area contributed by atoms with E-state index in [0.717, 1.165) is 12.8 Å². The van der Waals surface area contributed by atoms with E-state index in [1.807, 2.05) is 6.92 Å². The molecule has 0 aromatic carbocycles. The molecule has 4 nitrogen and oxygen atoms in total. The third kappa shape index (κ3) is 3.70. The Morgan fingerprint density at radius 3 is 3.00 bits per heavy atom. The predicted molar refractivity (Wildman–Crippen MR) is 63.9 cm³/mol. The molecule has 0 saturated carbocycles. The maximum atomic E-state index is 11.6. The van der Waals surface area contributed by atoms with Crippen molar-refractivity contribution >= 4 is 17.5 Å². The fourth-order valence-corrected chi connectivity index (χ4v) is 1.60. The van der Waals surface area contributed by atoms with E-state index in [9.17, 15) is 9.59 Å². The highest BCUT2D eigenvalue weighted by molar-refractivity contribution is 6.20. The van der Waals surface area contributed by atoms with Crippen LogP contribution < -0.4 is 10.7 Å². The second kappa shape index (κ2) is 6.33. The van der Waals surface area contributed by atoms with Crippen molar-refractivity contribution in [1.82, 2.24) is 10.3 Å². The third-order valence-electron chi connectivity index (χ3n) is 2.15. The van der Waals surface area contributed by atoms with Crippen LogP contribution in [-0.2, 0) is 0 Å². The van der Waals surface area contributed by atoms with Gasteiger partial charge < -0.3 is 10.3 Å². The quantitative estimate of drug-likeness (QED) is 0.769. The maximum absolute atomic E-state index is 11.6. The lowest BCUT2D eigenvalue weighted by Crippen LogP contribution is -2.32. The smallest absolute Gasteiger partial charge is 0.256 e. The summed E-state index contributed by atoms with van der Waals surface area (Å²) >= 11 is 5.95. The number of rotatable bonds is 5. The van der Waals surface area contributed by atoms with E-state index < -0.39 is 0 Å². The molecule has 1 aromatic rings. The van der Waals surface area contributed by atoms with Gasteiger partial charge in [-0.25, -0.2) is 0 Å². The summed E-state index contributed by atoms with van der Waals surface area (Å²) in [5.74, 6) is -0.386. The minimum atomic E-state index is -0.386. The molecule has 2 N–H and O–H groups in total. The lowest BCUT2D eigenvalue weighted by atomic mass is 10.2. The van der Waals surface area contributed by atoms with E-state index >= 15 is 0 Å². The van der Waals surface area contributed by atoms with E-state index in [0.29, 0.717) is 6.54 Å². The van der Waals surface area contributed by atoms with Crippen molar-refractivity contribution in [1.29, 1.82) is 0 Å². The number of hydrogen-bond acceptors (Lipinski definition) is 2. The van der Waals surface area contributed by atoms with Crippen LogP contribution in [0.4, 0.5) is 0 Å². The molecule has 1 amide bonds. The molecule has 0 aliphatic carbocycles. The fraction of sp³-hybridized carbons (Fsp3) is 0.455. The zero-order valence-corrected chi connectivity index (χ0v) is 9.88. The minimum Gasteiger partial charge on any atom is -0.367 e. The summed E-state index contributed by atoms with van der Waals surface area (Å²) in [6.45, 7) is 2.40. The van der Waals surface area contributed by atoms with Gasteiger partial charge in [-0.05, 0) is 6.42 Å². The van der Waals surface area contributed by atoms with E-state index in [-0.39, 0.29) is 22.3 Å². The van der Waals surface area contributed by atoms with Crippen LogP contribution in [0, 0.1) is 0 Å². The lowest BCUT2D eigenvalue weighted by Gasteiger charge is -2.09. The molecule has 0 aliphatic heterocycles. The first-order chi connectivity index (χ1) is 7.65. The standard InChI is InChI=1S/C11H15ClN2O2/c1-2-3-8(12)6-14-11(16)9-7-13-5-4-10(9)15/h4-5,7-8H,2-3,6H2,1H3,(H,13,15)(H,14,16). The number of alkyl halides is 1. The molecular weight excluding hydrogens is 228 g/mol. The first-order valence-electron chi connectivity index (χ1n) is 5.24. The van der Waals surface area contributed by atoms with Gasteiger partial charge in [0, 0.05) is 25.0 Å². The first kappa shape index (κ1) is 12.8. The number of carbonyl (C=O) groups is 1. The van der Waals surface area contributed by atoms with Gasteiger partial charge in [0.2, 0.25) is 0 Å². The van der Waals surface area contributed by atoms with Crippen molar-refractivity contribution in [2.24, 2.45) is 0 Å². The van der Waals surface area contributed by atoms with Gasteiger partial charge in [0.15, 0.2) is 5.43 Å². The number of halogens is 1. The number of carbonyl (C=O) groups excluding carboxylic acids is 1. The molecule has 1 unspecified atom stereocenters. The Kier molecular flexibility index (Phi) is 5.05. The van der Waals surface area contributed by atoms with Crippen molar-refractivity contribution in [3.05, 3.63) is 34.2 Å². The summed E-state index contributed by atoms with van der Waals surface area (Å²) in [5, 5.41) is 2.55. The van der Waals surface area contributed by atoms with Crippen LogP contribution in [0.25, 0.3) is 0 Å². The molecule has 16 heavy (non-hydrogen) atoms. The van der Waals surface area contributed by atoms with Crippen LogP contribution in [0.3, 0.4) is 0 Å². The van der Waals surface area contributed by atoms with Crippen molar-refractivity contribution in [3.8, 4) is 0 Å². The topological polar surface area (TPSA) is 62.0 Å². The van der Waals surface area contributed by atoms with Gasteiger partial charge in [-0.2, -0.15) is 0 Å². The number of hydrogen-bond donors (Lipinski definition) is 2. The van der Waals surface area contributed by atoms with Crippen LogP contribution >= 0.6 is 11.6 Å². The Balaban J connectivity index is 2.54. The molecule has 0 bridgehead atoms. The summed E-state index contributed by atoms with van der Waals surface area (Å²) in [4.78, 5) is 25.6. The largest absolute Gasteiger partial charge is 0.367 e. The average Bonchev–Trinajstić information content (AvgIpc) is 2.27. The molecular formula is C11H15ClN2O2. The number of amides is 1. The molecule has 0 fully saturated rings. The molecule has 1 heterocycles. The van der Waals surface area contributed by atoms with Crippen LogP contribution in [0.15, 0.2) is 23.3 Å². The normalized spacial score (nSPS) is 12.1. The van der Waals surface area contributed by atoms with E-state index in [2.05, 4.69) is 10.3 Å². The Morgan fingerprint density at radius 2 is 2.38 bits per heavy atom. The Hall–Kier alpha value is -1.29. The van der Waals surface area contributed by atoms with Crippen LogP contribution in [0.2, 0.25) is 0 Å². The number of H-pyrrole nitrogens is 1. The summed E-state index contributed by atoms with van der Waals surface area (Å²) in [7, 11) is 0. The van der Waals surface area contributed by atoms with Gasteiger partial charge in [-0.15, -0.1) is 11.6 Å². The monoisotopic (exact) mass is 242 g/mol. The fourth-order valence-electron chi connectivity index (χ4n) is 1.31. The van der Waals surface area contributed by atoms with E-state index in [4.69, 9.17) is 11.6 Å². The average molecular weight is 243 g/mol. The second-order valence-electron chi connectivity index (χ2n) is 3.52. The number of nitrogens with one attached hydrogen (secondary N) is 2. The molecule has 0 saturated heterocycles. The van der Waals surface area contributed by atoms with Crippen LogP contribution in [-0.4, -0.2) is 22.8 Å². The summed E-state index contributed by atoms with van der Waals surface area (Å²) in [5.41, 5.74) is -0.180. The van der Waals surface area contributed by atoms with Gasteiger partial charge in [0.1, 0.15) is 5.56 Å². The molecule has 0 radical (unpaired) electrons.